The summed E-state index contributed by atoms with van der Waals surface area (Å²) in [6.45, 7) is 1.98. The molecule has 0 radical (unpaired) electrons. The Hall–Kier alpha value is -0.240. The molecule has 170 valence electrons. The van der Waals surface area contributed by atoms with Crippen LogP contribution in [0, 0.1) is 0 Å². The van der Waals surface area contributed by atoms with Crippen LogP contribution in [0.15, 0.2) is 0 Å². The fourth-order valence-corrected chi connectivity index (χ4v) is 3.26. The fourth-order valence-electron chi connectivity index (χ4n) is 3.26. The first-order valence-corrected chi connectivity index (χ1v) is 11.4. The summed E-state index contributed by atoms with van der Waals surface area (Å²) in [4.78, 5) is 0. The van der Waals surface area contributed by atoms with Gasteiger partial charge in [-0.15, -0.1) is 0 Å². The topological polar surface area (TPSA) is 110 Å². The van der Waals surface area contributed by atoms with E-state index in [2.05, 4.69) is 6.92 Å². The summed E-state index contributed by atoms with van der Waals surface area (Å²) in [5.74, 6) is 0. The molecule has 28 heavy (non-hydrogen) atoms. The molecule has 0 rings (SSSR count). The molecule has 0 heterocycles. The molecule has 0 spiro atoms. The highest BCUT2D eigenvalue weighted by Gasteiger charge is 2.29. The van der Waals surface area contributed by atoms with Crippen LogP contribution in [0.2, 0.25) is 0 Å². The van der Waals surface area contributed by atoms with Gasteiger partial charge in [-0.3, -0.25) is 0 Å². The molecular weight excluding hydrogens is 360 g/mol. The van der Waals surface area contributed by atoms with Crippen molar-refractivity contribution in [3.05, 3.63) is 0 Å². The Morgan fingerprint density at radius 1 is 0.571 bits per heavy atom. The maximum Gasteiger partial charge on any atom is 0.111 e. The minimum Gasteiger partial charge on any atom is -0.394 e. The summed E-state index contributed by atoms with van der Waals surface area (Å²) in [6.07, 6.45) is 12.2. The molecule has 0 aliphatic carbocycles. The SMILES string of the molecule is CCCCCCCCCCCCCCCCOC[C@H](O)[C@@H](O)[C@H](O)[C@H](O)CO. The van der Waals surface area contributed by atoms with E-state index in [1.807, 2.05) is 0 Å². The molecule has 5 N–H and O–H groups in total. The van der Waals surface area contributed by atoms with E-state index in [9.17, 15) is 20.4 Å². The minimum atomic E-state index is -1.59. The Labute approximate surface area is 171 Å². The van der Waals surface area contributed by atoms with Crippen molar-refractivity contribution in [2.45, 2.75) is 121 Å². The highest BCUT2D eigenvalue weighted by Crippen LogP contribution is 2.13. The third-order valence-corrected chi connectivity index (χ3v) is 5.26. The first-order valence-electron chi connectivity index (χ1n) is 11.4. The van der Waals surface area contributed by atoms with Crippen LogP contribution in [-0.4, -0.2) is 69.8 Å². The summed E-state index contributed by atoms with van der Waals surface area (Å²) < 4.78 is 5.32. The van der Waals surface area contributed by atoms with Crippen LogP contribution < -0.4 is 0 Å². The van der Waals surface area contributed by atoms with Gasteiger partial charge in [0.1, 0.15) is 24.4 Å². The van der Waals surface area contributed by atoms with Crippen LogP contribution in [-0.2, 0) is 4.74 Å². The van der Waals surface area contributed by atoms with Gasteiger partial charge < -0.3 is 30.3 Å². The molecule has 0 unspecified atom stereocenters. The zero-order valence-corrected chi connectivity index (χ0v) is 18.0. The summed E-state index contributed by atoms with van der Waals surface area (Å²) in [6, 6.07) is 0. The highest BCUT2D eigenvalue weighted by molar-refractivity contribution is 4.80. The summed E-state index contributed by atoms with van der Waals surface area (Å²) in [5.41, 5.74) is 0. The lowest BCUT2D eigenvalue weighted by molar-refractivity contribution is -0.129. The molecule has 0 aromatic heterocycles. The summed E-state index contributed by atoms with van der Waals surface area (Å²) in [5, 5.41) is 46.9. The second kappa shape index (κ2) is 20.0. The van der Waals surface area contributed by atoms with Crippen molar-refractivity contribution in [3.63, 3.8) is 0 Å². The molecule has 0 fully saturated rings. The van der Waals surface area contributed by atoms with Gasteiger partial charge in [-0.2, -0.15) is 0 Å². The zero-order valence-electron chi connectivity index (χ0n) is 18.0. The molecule has 6 heteroatoms. The van der Waals surface area contributed by atoms with E-state index in [4.69, 9.17) is 9.84 Å². The lowest BCUT2D eigenvalue weighted by Gasteiger charge is -2.25. The number of aliphatic hydroxyl groups excluding tert-OH is 5. The zero-order chi connectivity index (χ0) is 21.0. The van der Waals surface area contributed by atoms with Crippen molar-refractivity contribution >= 4 is 0 Å². The highest BCUT2D eigenvalue weighted by atomic mass is 16.5. The van der Waals surface area contributed by atoms with Crippen LogP contribution in [0.1, 0.15) is 96.8 Å². The molecule has 0 aliphatic heterocycles. The van der Waals surface area contributed by atoms with Gasteiger partial charge in [0, 0.05) is 6.61 Å². The molecule has 0 aliphatic rings. The third-order valence-electron chi connectivity index (χ3n) is 5.26. The van der Waals surface area contributed by atoms with E-state index < -0.39 is 31.0 Å². The largest absolute Gasteiger partial charge is 0.394 e. The van der Waals surface area contributed by atoms with E-state index in [0.717, 1.165) is 12.8 Å². The monoisotopic (exact) mass is 406 g/mol. The molecule has 0 saturated heterocycles. The first kappa shape index (κ1) is 27.8. The van der Waals surface area contributed by atoms with E-state index in [1.54, 1.807) is 0 Å². The standard InChI is InChI=1S/C22H46O6/c1-2-3-4-5-6-7-8-9-10-11-12-13-14-15-16-28-18-20(25)22(27)21(26)19(24)17-23/h19-27H,2-18H2,1H3/t19-,20+,21-,22-/m1/s1. The third kappa shape index (κ3) is 15.7. The van der Waals surface area contributed by atoms with E-state index in [-0.39, 0.29) is 6.61 Å². The smallest absolute Gasteiger partial charge is 0.111 e. The Balaban J connectivity index is 3.33. The Morgan fingerprint density at radius 3 is 1.39 bits per heavy atom. The maximum atomic E-state index is 9.72. The van der Waals surface area contributed by atoms with Crippen LogP contribution >= 0.6 is 0 Å². The normalized spacial score (nSPS) is 16.1. The number of aliphatic hydroxyl groups is 5. The molecule has 0 bridgehead atoms. The number of unbranched alkanes of at least 4 members (excludes halogenated alkanes) is 13. The average molecular weight is 407 g/mol. The lowest BCUT2D eigenvalue weighted by atomic mass is 10.0. The van der Waals surface area contributed by atoms with Crippen molar-refractivity contribution in [2.75, 3.05) is 19.8 Å². The molecule has 0 aromatic rings. The number of rotatable bonds is 21. The van der Waals surface area contributed by atoms with Crippen LogP contribution in [0.5, 0.6) is 0 Å². The van der Waals surface area contributed by atoms with Crippen LogP contribution in [0.4, 0.5) is 0 Å². The fraction of sp³-hybridized carbons (Fsp3) is 1.00. The summed E-state index contributed by atoms with van der Waals surface area (Å²) in [7, 11) is 0. The number of hydrogen-bond acceptors (Lipinski definition) is 6. The predicted molar refractivity (Wildman–Crippen MR) is 112 cm³/mol. The van der Waals surface area contributed by atoms with Gasteiger partial charge in [0.05, 0.1) is 13.2 Å². The number of ether oxygens (including phenoxy) is 1. The molecule has 0 saturated carbocycles. The Morgan fingerprint density at radius 2 is 0.964 bits per heavy atom. The average Bonchev–Trinajstić information content (AvgIpc) is 2.71. The van der Waals surface area contributed by atoms with Crippen molar-refractivity contribution in [1.29, 1.82) is 0 Å². The van der Waals surface area contributed by atoms with Crippen molar-refractivity contribution in [1.82, 2.24) is 0 Å². The van der Waals surface area contributed by atoms with Crippen molar-refractivity contribution in [2.24, 2.45) is 0 Å². The second-order valence-electron chi connectivity index (χ2n) is 7.97. The van der Waals surface area contributed by atoms with Crippen molar-refractivity contribution < 1.29 is 30.3 Å². The van der Waals surface area contributed by atoms with Gasteiger partial charge in [0.25, 0.3) is 0 Å². The maximum absolute atomic E-state index is 9.72. The van der Waals surface area contributed by atoms with Gasteiger partial charge in [-0.1, -0.05) is 90.4 Å². The number of hydrogen-bond donors (Lipinski definition) is 5. The molecule has 0 amide bonds. The summed E-state index contributed by atoms with van der Waals surface area (Å²) >= 11 is 0. The first-order chi connectivity index (χ1) is 13.5. The van der Waals surface area contributed by atoms with Gasteiger partial charge in [0.2, 0.25) is 0 Å². The van der Waals surface area contributed by atoms with Gasteiger partial charge in [0.15, 0.2) is 0 Å². The molecular formula is C22H46O6. The Kier molecular flexibility index (Phi) is 19.9. The van der Waals surface area contributed by atoms with Gasteiger partial charge >= 0.3 is 0 Å². The van der Waals surface area contributed by atoms with Crippen LogP contribution in [0.25, 0.3) is 0 Å². The van der Waals surface area contributed by atoms with Crippen molar-refractivity contribution in [3.8, 4) is 0 Å². The Bertz CT molecular complexity index is 315. The molecule has 0 aromatic carbocycles. The quantitative estimate of drug-likeness (QED) is 0.187. The van der Waals surface area contributed by atoms with Gasteiger partial charge in [-0.25, -0.2) is 0 Å². The van der Waals surface area contributed by atoms with E-state index in [0.29, 0.717) is 6.61 Å². The second-order valence-corrected chi connectivity index (χ2v) is 7.97. The minimum absolute atomic E-state index is 0.102. The van der Waals surface area contributed by atoms with E-state index >= 15 is 0 Å². The predicted octanol–water partition coefficient (Wildman–Crippen LogP) is 2.92. The van der Waals surface area contributed by atoms with E-state index in [1.165, 1.54) is 77.0 Å². The molecule has 4 atom stereocenters. The van der Waals surface area contributed by atoms with Crippen LogP contribution in [0.3, 0.4) is 0 Å². The molecule has 6 nitrogen and oxygen atoms in total. The van der Waals surface area contributed by atoms with Gasteiger partial charge in [-0.05, 0) is 6.42 Å². The lowest BCUT2D eigenvalue weighted by Crippen LogP contribution is -2.47.